The number of nitrogens with zero attached hydrogens (tertiary/aromatic N) is 1. The lowest BCUT2D eigenvalue weighted by atomic mass is 10.3. The smallest absolute Gasteiger partial charge is 0.253 e. The summed E-state index contributed by atoms with van der Waals surface area (Å²) in [6.45, 7) is 4.84. The highest BCUT2D eigenvalue weighted by molar-refractivity contribution is 14.1. The second-order valence-electron chi connectivity index (χ2n) is 3.19. The average Bonchev–Trinajstić information content (AvgIpc) is 2.09. The molecule has 0 radical (unpaired) electrons. The van der Waals surface area contributed by atoms with Crippen molar-refractivity contribution in [3.8, 4) is 0 Å². The third-order valence-corrected chi connectivity index (χ3v) is 2.57. The van der Waals surface area contributed by atoms with Gasteiger partial charge in [0.2, 0.25) is 0 Å². The molecule has 72 valence electrons. The Kier molecular flexibility index (Phi) is 3.96. The van der Waals surface area contributed by atoms with Crippen molar-refractivity contribution >= 4 is 22.6 Å². The first-order valence-corrected chi connectivity index (χ1v) is 5.59. The Morgan fingerprint density at radius 1 is 1.54 bits per heavy atom. The summed E-state index contributed by atoms with van der Waals surface area (Å²) in [6, 6.07) is 1.92. The lowest BCUT2D eigenvalue weighted by Gasteiger charge is -2.06. The van der Waals surface area contributed by atoms with Crippen LogP contribution in [0.15, 0.2) is 17.1 Å². The number of aromatic nitrogens is 1. The van der Waals surface area contributed by atoms with Gasteiger partial charge in [0.05, 0.1) is 0 Å². The van der Waals surface area contributed by atoms with Crippen LogP contribution in [-0.2, 0) is 6.54 Å². The van der Waals surface area contributed by atoms with E-state index >= 15 is 0 Å². The van der Waals surface area contributed by atoms with Gasteiger partial charge in [0.15, 0.2) is 0 Å². The summed E-state index contributed by atoms with van der Waals surface area (Å²) < 4.78 is 2.94. The van der Waals surface area contributed by atoms with E-state index in [1.807, 2.05) is 19.2 Å². The van der Waals surface area contributed by atoms with Gasteiger partial charge in [-0.05, 0) is 42.0 Å². The summed E-state index contributed by atoms with van der Waals surface area (Å²) in [5, 5.41) is 0. The monoisotopic (exact) mass is 291 g/mol. The Labute approximate surface area is 92.1 Å². The van der Waals surface area contributed by atoms with Gasteiger partial charge in [0, 0.05) is 21.9 Å². The first kappa shape index (κ1) is 10.8. The molecule has 0 unspecified atom stereocenters. The summed E-state index contributed by atoms with van der Waals surface area (Å²) >= 11 is 2.24. The van der Waals surface area contributed by atoms with Crippen molar-refractivity contribution in [1.29, 1.82) is 0 Å². The molecule has 1 rings (SSSR count). The average molecular weight is 291 g/mol. The molecule has 0 atom stereocenters. The fourth-order valence-corrected chi connectivity index (χ4v) is 2.04. The minimum absolute atomic E-state index is 0.147. The van der Waals surface area contributed by atoms with Crippen LogP contribution in [0.1, 0.15) is 25.3 Å². The maximum atomic E-state index is 11.6. The molecular weight excluding hydrogens is 277 g/mol. The number of aryl methyl sites for hydroxylation is 2. The van der Waals surface area contributed by atoms with Gasteiger partial charge >= 0.3 is 0 Å². The second-order valence-corrected chi connectivity index (χ2v) is 4.44. The SMILES string of the molecule is CCCCn1cc(I)cc(C)c1=O. The maximum Gasteiger partial charge on any atom is 0.253 e. The van der Waals surface area contributed by atoms with Gasteiger partial charge in [-0.25, -0.2) is 0 Å². The Morgan fingerprint density at radius 2 is 2.23 bits per heavy atom. The predicted molar refractivity (Wildman–Crippen MR) is 63.1 cm³/mol. The van der Waals surface area contributed by atoms with Gasteiger partial charge < -0.3 is 4.57 Å². The van der Waals surface area contributed by atoms with Crippen molar-refractivity contribution in [2.45, 2.75) is 33.2 Å². The van der Waals surface area contributed by atoms with Crippen LogP contribution in [0.4, 0.5) is 0 Å². The van der Waals surface area contributed by atoms with Gasteiger partial charge in [-0.15, -0.1) is 0 Å². The summed E-state index contributed by atoms with van der Waals surface area (Å²) in [6.07, 6.45) is 4.11. The molecule has 1 aromatic rings. The molecule has 0 N–H and O–H groups in total. The highest BCUT2D eigenvalue weighted by Crippen LogP contribution is 2.04. The van der Waals surface area contributed by atoms with Gasteiger partial charge in [-0.1, -0.05) is 13.3 Å². The van der Waals surface area contributed by atoms with Gasteiger partial charge in [-0.2, -0.15) is 0 Å². The number of hydrogen-bond acceptors (Lipinski definition) is 1. The molecule has 1 heterocycles. The van der Waals surface area contributed by atoms with E-state index in [0.717, 1.165) is 28.5 Å². The molecule has 1 aromatic heterocycles. The largest absolute Gasteiger partial charge is 0.314 e. The highest BCUT2D eigenvalue weighted by atomic mass is 127. The molecule has 0 aliphatic heterocycles. The van der Waals surface area contributed by atoms with E-state index < -0.39 is 0 Å². The lowest BCUT2D eigenvalue weighted by Crippen LogP contribution is -2.22. The fourth-order valence-electron chi connectivity index (χ4n) is 1.23. The van der Waals surface area contributed by atoms with Gasteiger partial charge in [-0.3, -0.25) is 4.79 Å². The molecule has 0 spiro atoms. The number of halogens is 1. The molecule has 0 aliphatic carbocycles. The number of rotatable bonds is 3. The molecule has 0 aliphatic rings. The van der Waals surface area contributed by atoms with E-state index in [-0.39, 0.29) is 5.56 Å². The fraction of sp³-hybridized carbons (Fsp3) is 0.500. The van der Waals surface area contributed by atoms with Crippen molar-refractivity contribution in [3.63, 3.8) is 0 Å². The first-order valence-electron chi connectivity index (χ1n) is 4.51. The summed E-state index contributed by atoms with van der Waals surface area (Å²) in [4.78, 5) is 11.6. The van der Waals surface area contributed by atoms with E-state index in [4.69, 9.17) is 0 Å². The Bertz CT molecular complexity index is 343. The van der Waals surface area contributed by atoms with Crippen molar-refractivity contribution < 1.29 is 0 Å². The van der Waals surface area contributed by atoms with Crippen molar-refractivity contribution in [2.75, 3.05) is 0 Å². The minimum atomic E-state index is 0.147. The van der Waals surface area contributed by atoms with Crippen LogP contribution in [0.5, 0.6) is 0 Å². The zero-order valence-electron chi connectivity index (χ0n) is 8.01. The molecule has 0 saturated heterocycles. The second kappa shape index (κ2) is 4.79. The van der Waals surface area contributed by atoms with E-state index in [1.54, 1.807) is 4.57 Å². The van der Waals surface area contributed by atoms with Crippen LogP contribution < -0.4 is 5.56 Å². The van der Waals surface area contributed by atoms with E-state index in [1.165, 1.54) is 0 Å². The molecule has 0 bridgehead atoms. The summed E-state index contributed by atoms with van der Waals surface area (Å²) in [7, 11) is 0. The molecule has 2 nitrogen and oxygen atoms in total. The quantitative estimate of drug-likeness (QED) is 0.785. The molecule has 0 amide bonds. The van der Waals surface area contributed by atoms with Crippen LogP contribution in [0, 0.1) is 10.5 Å². The molecule has 0 fully saturated rings. The third-order valence-electron chi connectivity index (χ3n) is 1.98. The molecular formula is C10H14INO. The van der Waals surface area contributed by atoms with E-state index in [0.29, 0.717) is 0 Å². The first-order chi connectivity index (χ1) is 6.15. The van der Waals surface area contributed by atoms with Crippen LogP contribution >= 0.6 is 22.6 Å². The van der Waals surface area contributed by atoms with E-state index in [2.05, 4.69) is 29.5 Å². The summed E-state index contributed by atoms with van der Waals surface area (Å²) in [5.41, 5.74) is 0.983. The van der Waals surface area contributed by atoms with Crippen LogP contribution in [0.25, 0.3) is 0 Å². The van der Waals surface area contributed by atoms with E-state index in [9.17, 15) is 4.79 Å². The topological polar surface area (TPSA) is 22.0 Å². The van der Waals surface area contributed by atoms with Gasteiger partial charge in [0.1, 0.15) is 0 Å². The highest BCUT2D eigenvalue weighted by Gasteiger charge is 2.00. The Hall–Kier alpha value is -0.320. The minimum Gasteiger partial charge on any atom is -0.314 e. The zero-order chi connectivity index (χ0) is 9.84. The molecule has 13 heavy (non-hydrogen) atoms. The predicted octanol–water partition coefficient (Wildman–Crippen LogP) is 2.56. The normalized spacial score (nSPS) is 10.4. The third kappa shape index (κ3) is 2.83. The van der Waals surface area contributed by atoms with Crippen molar-refractivity contribution in [2.24, 2.45) is 0 Å². The lowest BCUT2D eigenvalue weighted by molar-refractivity contribution is 0.609. The number of unbranched alkanes of at least 4 members (excludes halogenated alkanes) is 1. The molecule has 0 aromatic carbocycles. The van der Waals surface area contributed by atoms with Crippen molar-refractivity contribution in [1.82, 2.24) is 4.57 Å². The number of hydrogen-bond donors (Lipinski definition) is 0. The standard InChI is InChI=1S/C10H14INO/c1-3-4-5-12-7-9(11)6-8(2)10(12)13/h6-7H,3-5H2,1-2H3. The van der Waals surface area contributed by atoms with Crippen molar-refractivity contribution in [3.05, 3.63) is 31.8 Å². The van der Waals surface area contributed by atoms with Crippen LogP contribution in [0.2, 0.25) is 0 Å². The summed E-state index contributed by atoms with van der Waals surface area (Å²) in [5.74, 6) is 0. The molecule has 3 heteroatoms. The van der Waals surface area contributed by atoms with Crippen LogP contribution in [0.3, 0.4) is 0 Å². The zero-order valence-corrected chi connectivity index (χ0v) is 10.2. The van der Waals surface area contributed by atoms with Crippen LogP contribution in [-0.4, -0.2) is 4.57 Å². The molecule has 0 saturated carbocycles. The number of pyridine rings is 1. The van der Waals surface area contributed by atoms with Gasteiger partial charge in [0.25, 0.3) is 5.56 Å². The Balaban J connectivity index is 2.99. The Morgan fingerprint density at radius 3 is 2.85 bits per heavy atom. The maximum absolute atomic E-state index is 11.6.